The zero-order valence-electron chi connectivity index (χ0n) is 26.4. The smallest absolute Gasteiger partial charge is 0.197 e. The predicted octanol–water partition coefficient (Wildman–Crippen LogP) is 9.08. The first-order valence-corrected chi connectivity index (χ1v) is 15.9. The number of rotatable bonds is 9. The van der Waals surface area contributed by atoms with E-state index in [1.807, 2.05) is 18.2 Å². The number of para-hydroxylation sites is 1. The summed E-state index contributed by atoms with van der Waals surface area (Å²) in [5.74, 6) is 0.837. The molecule has 0 saturated heterocycles. The average Bonchev–Trinajstić information content (AvgIpc) is 3.14. The molecule has 0 radical (unpaired) electrons. The zero-order valence-corrected chi connectivity index (χ0v) is 26.4. The lowest BCUT2D eigenvalue weighted by atomic mass is 9.62. The summed E-state index contributed by atoms with van der Waals surface area (Å²) >= 11 is 0. The highest BCUT2D eigenvalue weighted by Gasteiger charge is 2.15. The van der Waals surface area contributed by atoms with Crippen molar-refractivity contribution in [2.75, 3.05) is 18.2 Å². The van der Waals surface area contributed by atoms with Gasteiger partial charge < -0.3 is 15.8 Å². The van der Waals surface area contributed by atoms with E-state index in [-0.39, 0.29) is 0 Å². The van der Waals surface area contributed by atoms with Gasteiger partial charge in [0.05, 0.1) is 7.11 Å². The van der Waals surface area contributed by atoms with Crippen molar-refractivity contribution in [3.63, 3.8) is 0 Å². The van der Waals surface area contributed by atoms with Gasteiger partial charge in [-0.3, -0.25) is 0 Å². The largest absolute Gasteiger partial charge is 0.497 e. The van der Waals surface area contributed by atoms with E-state index in [0.717, 1.165) is 67.1 Å². The Morgan fingerprint density at radius 2 is 1.00 bits per heavy atom. The van der Waals surface area contributed by atoms with Crippen LogP contribution in [0.4, 0.5) is 17.1 Å². The summed E-state index contributed by atoms with van der Waals surface area (Å²) in [4.78, 5) is 0. The first-order valence-electron chi connectivity index (χ1n) is 15.9. The summed E-state index contributed by atoms with van der Waals surface area (Å²) < 4.78 is 5.42. The van der Waals surface area contributed by atoms with Crippen molar-refractivity contribution < 1.29 is 4.74 Å². The SMILES string of the molecule is COc1ccc(-c2ccc(Bc3cccc(-c4ccccc4)c3N)c(Nc3ccc(-c4ccccc4)cc3-c3ccccc3)c2)cc1. The highest BCUT2D eigenvalue weighted by molar-refractivity contribution is 6.70. The van der Waals surface area contributed by atoms with E-state index >= 15 is 0 Å². The van der Waals surface area contributed by atoms with Crippen LogP contribution in [0.3, 0.4) is 0 Å². The van der Waals surface area contributed by atoms with Crippen LogP contribution in [0, 0.1) is 0 Å². The minimum atomic E-state index is 0.681. The lowest BCUT2D eigenvalue weighted by Gasteiger charge is -2.19. The maximum Gasteiger partial charge on any atom is 0.197 e. The number of ether oxygens (including phenoxy) is 1. The normalized spacial score (nSPS) is 10.7. The Hall–Kier alpha value is -6.00. The molecule has 0 unspecified atom stereocenters. The van der Waals surface area contributed by atoms with Gasteiger partial charge in [-0.2, -0.15) is 0 Å². The first kappa shape index (κ1) is 29.7. The van der Waals surface area contributed by atoms with Crippen LogP contribution in [-0.4, -0.2) is 14.4 Å². The van der Waals surface area contributed by atoms with Crippen molar-refractivity contribution in [1.29, 1.82) is 0 Å². The molecule has 0 aliphatic heterocycles. The van der Waals surface area contributed by atoms with E-state index in [0.29, 0.717) is 7.28 Å². The Balaban J connectivity index is 1.33. The Kier molecular flexibility index (Phi) is 8.57. The fraction of sp³-hybridized carbons (Fsp3) is 0.0233. The molecule has 0 heterocycles. The lowest BCUT2D eigenvalue weighted by molar-refractivity contribution is 0.415. The minimum Gasteiger partial charge on any atom is -0.497 e. The molecule has 0 aliphatic carbocycles. The second kappa shape index (κ2) is 13.6. The van der Waals surface area contributed by atoms with Crippen molar-refractivity contribution in [2.24, 2.45) is 0 Å². The summed E-state index contributed by atoms with van der Waals surface area (Å²) in [6.45, 7) is 0. The number of nitrogen functional groups attached to an aromatic ring is 1. The third kappa shape index (κ3) is 6.54. The molecule has 47 heavy (non-hydrogen) atoms. The summed E-state index contributed by atoms with van der Waals surface area (Å²) in [6.07, 6.45) is 0. The summed E-state index contributed by atoms with van der Waals surface area (Å²) in [6, 6.07) is 59.3. The van der Waals surface area contributed by atoms with Crippen LogP contribution in [-0.2, 0) is 0 Å². The van der Waals surface area contributed by atoms with Gasteiger partial charge >= 0.3 is 0 Å². The lowest BCUT2D eigenvalue weighted by Crippen LogP contribution is -2.31. The number of anilines is 3. The molecule has 3 nitrogen and oxygen atoms in total. The molecule has 7 rings (SSSR count). The van der Waals surface area contributed by atoms with Gasteiger partial charge in [-0.1, -0.05) is 150 Å². The van der Waals surface area contributed by atoms with Gasteiger partial charge in [0.1, 0.15) is 5.75 Å². The summed E-state index contributed by atoms with van der Waals surface area (Å²) in [5.41, 5.74) is 21.0. The topological polar surface area (TPSA) is 47.3 Å². The quantitative estimate of drug-likeness (QED) is 0.127. The fourth-order valence-electron chi connectivity index (χ4n) is 6.12. The van der Waals surface area contributed by atoms with Gasteiger partial charge in [0, 0.05) is 28.2 Å². The second-order valence-electron chi connectivity index (χ2n) is 11.6. The van der Waals surface area contributed by atoms with Crippen LogP contribution in [0.2, 0.25) is 0 Å². The molecule has 226 valence electrons. The van der Waals surface area contributed by atoms with Crippen molar-refractivity contribution in [1.82, 2.24) is 0 Å². The van der Waals surface area contributed by atoms with Gasteiger partial charge in [0.25, 0.3) is 0 Å². The van der Waals surface area contributed by atoms with Crippen LogP contribution < -0.4 is 26.7 Å². The Morgan fingerprint density at radius 1 is 0.447 bits per heavy atom. The van der Waals surface area contributed by atoms with Gasteiger partial charge in [-0.05, 0) is 63.7 Å². The molecule has 7 aromatic rings. The fourth-order valence-corrected chi connectivity index (χ4v) is 6.12. The highest BCUT2D eigenvalue weighted by atomic mass is 16.5. The Bertz CT molecular complexity index is 2110. The minimum absolute atomic E-state index is 0.681. The van der Waals surface area contributed by atoms with Gasteiger partial charge in [0.15, 0.2) is 7.28 Å². The van der Waals surface area contributed by atoms with Crippen molar-refractivity contribution >= 4 is 35.3 Å². The van der Waals surface area contributed by atoms with E-state index in [4.69, 9.17) is 10.5 Å². The standard InChI is InChI=1S/C43H35BN2O/c1-47-36-24-20-31(21-25-36)35-22-26-39(44-40-19-11-18-37(43(40)45)32-14-7-3-8-15-32)42(29-35)46-41-27-23-34(30-12-5-2-6-13-30)28-38(41)33-16-9-4-10-17-33/h2-29,44,46H,45H2,1H3. The predicted molar refractivity (Wildman–Crippen MR) is 202 cm³/mol. The van der Waals surface area contributed by atoms with E-state index in [2.05, 4.69) is 157 Å². The molecule has 0 aliphatic rings. The summed E-state index contributed by atoms with van der Waals surface area (Å²) in [7, 11) is 2.37. The van der Waals surface area contributed by atoms with Crippen molar-refractivity contribution in [3.05, 3.63) is 170 Å². The molecule has 0 bridgehead atoms. The second-order valence-corrected chi connectivity index (χ2v) is 11.6. The molecule has 0 atom stereocenters. The number of nitrogens with two attached hydrogens (primary N) is 1. The van der Waals surface area contributed by atoms with Crippen molar-refractivity contribution in [2.45, 2.75) is 0 Å². The van der Waals surface area contributed by atoms with Crippen LogP contribution in [0.1, 0.15) is 0 Å². The van der Waals surface area contributed by atoms with E-state index in [1.54, 1.807) is 7.11 Å². The maximum absolute atomic E-state index is 6.85. The number of hydrogen-bond acceptors (Lipinski definition) is 3. The number of methoxy groups -OCH3 is 1. The highest BCUT2D eigenvalue weighted by Crippen LogP contribution is 2.35. The third-order valence-corrected chi connectivity index (χ3v) is 8.68. The molecule has 0 spiro atoms. The Morgan fingerprint density at radius 3 is 1.66 bits per heavy atom. The van der Waals surface area contributed by atoms with Crippen LogP contribution in [0.5, 0.6) is 5.75 Å². The number of benzene rings is 7. The molecule has 4 heteroatoms. The molecule has 3 N–H and O–H groups in total. The van der Waals surface area contributed by atoms with Crippen molar-refractivity contribution in [3.8, 4) is 50.3 Å². The molecule has 0 saturated carbocycles. The molecule has 0 aromatic heterocycles. The van der Waals surface area contributed by atoms with Gasteiger partial charge in [-0.15, -0.1) is 0 Å². The van der Waals surface area contributed by atoms with Gasteiger partial charge in [-0.25, -0.2) is 0 Å². The maximum atomic E-state index is 6.85. The first-order chi connectivity index (χ1) is 23.2. The molecule has 0 fully saturated rings. The monoisotopic (exact) mass is 606 g/mol. The molecular weight excluding hydrogens is 571 g/mol. The number of nitrogens with one attached hydrogen (secondary N) is 1. The Labute approximate surface area is 277 Å². The van der Waals surface area contributed by atoms with Crippen LogP contribution >= 0.6 is 0 Å². The van der Waals surface area contributed by atoms with Crippen LogP contribution in [0.15, 0.2) is 170 Å². The third-order valence-electron chi connectivity index (χ3n) is 8.68. The molecular formula is C43H35BN2O. The van der Waals surface area contributed by atoms with E-state index in [9.17, 15) is 0 Å². The van der Waals surface area contributed by atoms with Crippen LogP contribution in [0.25, 0.3) is 44.5 Å². The molecule has 0 amide bonds. The zero-order chi connectivity index (χ0) is 32.0. The molecule has 7 aromatic carbocycles. The van der Waals surface area contributed by atoms with Gasteiger partial charge in [0.2, 0.25) is 0 Å². The van der Waals surface area contributed by atoms with E-state index < -0.39 is 0 Å². The number of hydrogen-bond donors (Lipinski definition) is 2. The average molecular weight is 607 g/mol. The summed E-state index contributed by atoms with van der Waals surface area (Å²) in [5, 5.41) is 3.87. The van der Waals surface area contributed by atoms with E-state index in [1.165, 1.54) is 11.1 Å².